The van der Waals surface area contributed by atoms with Gasteiger partial charge in [0.1, 0.15) is 0 Å². The van der Waals surface area contributed by atoms with Crippen LogP contribution in [-0.2, 0) is 25.8 Å². The lowest BCUT2D eigenvalue weighted by atomic mass is 10.2. The molecule has 0 unspecified atom stereocenters. The fraction of sp³-hybridized carbons (Fsp3) is 0.333. The Hall–Kier alpha value is -2.14. The molecule has 3 N–H and O–H groups in total. The van der Waals surface area contributed by atoms with Gasteiger partial charge in [-0.2, -0.15) is 13.2 Å². The molecule has 128 valence electrons. The fourth-order valence-electron chi connectivity index (χ4n) is 1.40. The highest BCUT2D eigenvalue weighted by molar-refractivity contribution is 7.89. The molecule has 0 heterocycles. The first-order valence-corrected chi connectivity index (χ1v) is 7.71. The second kappa shape index (κ2) is 6.96. The summed E-state index contributed by atoms with van der Waals surface area (Å²) in [6.45, 7) is 3.16. The highest BCUT2D eigenvalue weighted by atomic mass is 32.2. The highest BCUT2D eigenvalue weighted by Crippen LogP contribution is 2.30. The summed E-state index contributed by atoms with van der Waals surface area (Å²) in [5, 5.41) is 2.21. The number of hydrogen-bond donors (Lipinski definition) is 3. The summed E-state index contributed by atoms with van der Waals surface area (Å²) in [6.07, 6.45) is -4.72. The number of amides is 2. The minimum Gasteiger partial charge on any atom is -0.346 e. The molecular weight excluding hydrogens is 339 g/mol. The molecule has 1 aromatic carbocycles. The molecule has 0 atom stereocenters. The molecule has 0 saturated heterocycles. The van der Waals surface area contributed by atoms with Gasteiger partial charge >= 0.3 is 18.0 Å². The van der Waals surface area contributed by atoms with Crippen molar-refractivity contribution in [2.24, 2.45) is 0 Å². The predicted octanol–water partition coefficient (Wildman–Crippen LogP) is 0.540. The average molecular weight is 353 g/mol. The van der Waals surface area contributed by atoms with Crippen LogP contribution in [0.2, 0.25) is 0 Å². The van der Waals surface area contributed by atoms with Crippen molar-refractivity contribution in [1.82, 2.24) is 15.6 Å². The maximum Gasteiger partial charge on any atom is 0.416 e. The zero-order valence-electron chi connectivity index (χ0n) is 12.1. The summed E-state index contributed by atoms with van der Waals surface area (Å²) in [4.78, 5) is 23.5. The van der Waals surface area contributed by atoms with Gasteiger partial charge in [-0.05, 0) is 32.0 Å². The maximum absolute atomic E-state index is 12.6. The van der Waals surface area contributed by atoms with Gasteiger partial charge in [-0.25, -0.2) is 8.42 Å². The molecule has 7 nitrogen and oxygen atoms in total. The van der Waals surface area contributed by atoms with Crippen LogP contribution in [0.3, 0.4) is 0 Å². The molecule has 2 amide bonds. The van der Waals surface area contributed by atoms with E-state index >= 15 is 0 Å². The molecule has 0 fully saturated rings. The third kappa shape index (κ3) is 5.53. The van der Waals surface area contributed by atoms with Crippen molar-refractivity contribution in [3.8, 4) is 0 Å². The molecule has 0 saturated carbocycles. The minimum absolute atomic E-state index is 0.353. The summed E-state index contributed by atoms with van der Waals surface area (Å²) < 4.78 is 61.3. The lowest BCUT2D eigenvalue weighted by Crippen LogP contribution is -2.49. The second-order valence-electron chi connectivity index (χ2n) is 4.71. The third-order valence-corrected chi connectivity index (χ3v) is 3.64. The molecule has 1 rings (SSSR count). The zero-order valence-corrected chi connectivity index (χ0v) is 12.9. The molecule has 23 heavy (non-hydrogen) atoms. The van der Waals surface area contributed by atoms with E-state index < -0.39 is 38.5 Å². The van der Waals surface area contributed by atoms with Crippen LogP contribution >= 0.6 is 0 Å². The topological polar surface area (TPSA) is 104 Å². The van der Waals surface area contributed by atoms with Gasteiger partial charge < -0.3 is 5.32 Å². The largest absolute Gasteiger partial charge is 0.416 e. The van der Waals surface area contributed by atoms with Crippen LogP contribution in [0.5, 0.6) is 0 Å². The van der Waals surface area contributed by atoms with E-state index in [9.17, 15) is 31.2 Å². The number of hydrogen-bond acceptors (Lipinski definition) is 4. The van der Waals surface area contributed by atoms with Gasteiger partial charge in [-0.3, -0.25) is 15.0 Å². The van der Waals surface area contributed by atoms with E-state index in [4.69, 9.17) is 0 Å². The molecule has 1 aromatic rings. The van der Waals surface area contributed by atoms with Crippen molar-refractivity contribution in [2.45, 2.75) is 31.0 Å². The Bertz CT molecular complexity index is 702. The standard InChI is InChI=1S/C12H14F3N3O4S/c1-7(2)16-10(19)11(20)17-18-23(21,22)9-5-3-4-8(6-9)12(13,14)15/h3-7,18H,1-2H3,(H,16,19)(H,17,20). The van der Waals surface area contributed by atoms with E-state index in [1.54, 1.807) is 24.1 Å². The van der Waals surface area contributed by atoms with Crippen LogP contribution < -0.4 is 15.6 Å². The van der Waals surface area contributed by atoms with Crippen LogP contribution in [0, 0.1) is 0 Å². The van der Waals surface area contributed by atoms with Crippen LogP contribution in [0.25, 0.3) is 0 Å². The van der Waals surface area contributed by atoms with Gasteiger partial charge in [-0.15, -0.1) is 4.83 Å². The Kier molecular flexibility index (Phi) is 5.72. The van der Waals surface area contributed by atoms with Crippen molar-refractivity contribution in [1.29, 1.82) is 0 Å². The SMILES string of the molecule is CC(C)NC(=O)C(=O)NNS(=O)(=O)c1cccc(C(F)(F)F)c1. The van der Waals surface area contributed by atoms with Gasteiger partial charge in [0.15, 0.2) is 0 Å². The summed E-state index contributed by atoms with van der Waals surface area (Å²) in [5.41, 5.74) is 0.452. The van der Waals surface area contributed by atoms with Crippen LogP contribution in [0.4, 0.5) is 13.2 Å². The quantitative estimate of drug-likeness (QED) is 0.543. The molecule has 0 aliphatic carbocycles. The maximum atomic E-state index is 12.6. The first-order valence-electron chi connectivity index (χ1n) is 6.23. The Balaban J connectivity index is 2.85. The monoisotopic (exact) mass is 353 g/mol. The van der Waals surface area contributed by atoms with Crippen LogP contribution in [0.1, 0.15) is 19.4 Å². The number of carbonyl (C=O) groups is 2. The first-order chi connectivity index (χ1) is 10.4. The molecule has 0 aliphatic heterocycles. The van der Waals surface area contributed by atoms with E-state index in [1.165, 1.54) is 0 Å². The lowest BCUT2D eigenvalue weighted by Gasteiger charge is -2.11. The summed E-state index contributed by atoms with van der Waals surface area (Å²) in [5.74, 6) is -2.39. The zero-order chi connectivity index (χ0) is 17.8. The molecule has 0 radical (unpaired) electrons. The van der Waals surface area contributed by atoms with Gasteiger partial charge in [0.25, 0.3) is 10.0 Å². The van der Waals surface area contributed by atoms with Crippen LogP contribution in [-0.4, -0.2) is 26.3 Å². The number of nitrogens with one attached hydrogen (secondary N) is 3. The minimum atomic E-state index is -4.72. The summed E-state index contributed by atoms with van der Waals surface area (Å²) in [7, 11) is -4.46. The smallest absolute Gasteiger partial charge is 0.346 e. The first kappa shape index (κ1) is 18.9. The number of sulfonamides is 1. The van der Waals surface area contributed by atoms with E-state index in [-0.39, 0.29) is 6.04 Å². The third-order valence-electron chi connectivity index (χ3n) is 2.40. The Labute approximate surface area is 130 Å². The van der Waals surface area contributed by atoms with Crippen molar-refractivity contribution >= 4 is 21.8 Å². The van der Waals surface area contributed by atoms with Crippen LogP contribution in [0.15, 0.2) is 29.2 Å². The van der Waals surface area contributed by atoms with Crippen molar-refractivity contribution in [3.63, 3.8) is 0 Å². The number of carbonyl (C=O) groups excluding carboxylic acids is 2. The lowest BCUT2D eigenvalue weighted by molar-refractivity contribution is -0.139. The van der Waals surface area contributed by atoms with E-state index in [1.807, 2.05) is 0 Å². The van der Waals surface area contributed by atoms with Gasteiger partial charge in [0, 0.05) is 6.04 Å². The normalized spacial score (nSPS) is 12.1. The summed E-state index contributed by atoms with van der Waals surface area (Å²) in [6, 6.07) is 2.58. The Morgan fingerprint density at radius 1 is 1.13 bits per heavy atom. The molecule has 11 heteroatoms. The molecule has 0 bridgehead atoms. The Morgan fingerprint density at radius 2 is 1.74 bits per heavy atom. The van der Waals surface area contributed by atoms with Gasteiger partial charge in [0.05, 0.1) is 10.5 Å². The van der Waals surface area contributed by atoms with E-state index in [2.05, 4.69) is 5.32 Å². The summed E-state index contributed by atoms with van der Waals surface area (Å²) >= 11 is 0. The number of benzene rings is 1. The second-order valence-corrected chi connectivity index (χ2v) is 6.40. The predicted molar refractivity (Wildman–Crippen MR) is 73.2 cm³/mol. The average Bonchev–Trinajstić information content (AvgIpc) is 2.43. The molecule has 0 aliphatic rings. The number of alkyl halides is 3. The number of halogens is 3. The molecular formula is C12H14F3N3O4S. The van der Waals surface area contributed by atoms with Gasteiger partial charge in [-0.1, -0.05) is 6.07 Å². The van der Waals surface area contributed by atoms with Crippen molar-refractivity contribution < 1.29 is 31.2 Å². The van der Waals surface area contributed by atoms with Crippen molar-refractivity contribution in [2.75, 3.05) is 0 Å². The van der Waals surface area contributed by atoms with Gasteiger partial charge in [0.2, 0.25) is 0 Å². The Morgan fingerprint density at radius 3 is 2.26 bits per heavy atom. The fourth-order valence-corrected chi connectivity index (χ4v) is 2.28. The van der Waals surface area contributed by atoms with E-state index in [0.29, 0.717) is 12.1 Å². The number of rotatable bonds is 4. The highest BCUT2D eigenvalue weighted by Gasteiger charge is 2.31. The number of hydrazine groups is 1. The van der Waals surface area contributed by atoms with E-state index in [0.717, 1.165) is 12.1 Å². The van der Waals surface area contributed by atoms with Crippen molar-refractivity contribution in [3.05, 3.63) is 29.8 Å². The molecule has 0 aromatic heterocycles. The molecule has 0 spiro atoms.